The first kappa shape index (κ1) is 14.9. The molecule has 0 aliphatic carbocycles. The smallest absolute Gasteiger partial charge is 0.252 e. The normalized spacial score (nSPS) is 20.2. The lowest BCUT2D eigenvalue weighted by molar-refractivity contribution is -0.137. The fraction of sp³-hybridized carbons (Fsp3) is 0.375. The number of hydrogen-bond acceptors (Lipinski definition) is 4. The monoisotopic (exact) mass is 304 g/mol. The summed E-state index contributed by atoms with van der Waals surface area (Å²) in [5.74, 6) is -1.24. The van der Waals surface area contributed by atoms with E-state index in [1.807, 2.05) is 13.8 Å². The van der Waals surface area contributed by atoms with Gasteiger partial charge in [-0.25, -0.2) is 4.39 Å². The van der Waals surface area contributed by atoms with Crippen LogP contribution in [-0.2, 0) is 9.47 Å². The van der Waals surface area contributed by atoms with Gasteiger partial charge in [-0.15, -0.1) is 0 Å². The zero-order chi connectivity index (χ0) is 15.7. The van der Waals surface area contributed by atoms with E-state index in [9.17, 15) is 9.18 Å². The van der Waals surface area contributed by atoms with Crippen LogP contribution in [0.3, 0.4) is 0 Å². The molecule has 1 saturated heterocycles. The number of amides is 1. The second-order valence-electron chi connectivity index (χ2n) is 5.72. The Morgan fingerprint density at radius 3 is 3.00 bits per heavy atom. The van der Waals surface area contributed by atoms with Gasteiger partial charge in [0, 0.05) is 18.1 Å². The van der Waals surface area contributed by atoms with Crippen molar-refractivity contribution in [2.24, 2.45) is 0 Å². The van der Waals surface area contributed by atoms with Crippen LogP contribution in [0, 0.1) is 5.82 Å². The molecule has 1 aromatic carbocycles. The Morgan fingerprint density at radius 2 is 2.27 bits per heavy atom. The van der Waals surface area contributed by atoms with Gasteiger partial charge < -0.3 is 14.8 Å². The summed E-state index contributed by atoms with van der Waals surface area (Å²) in [6.07, 6.45) is 1.30. The number of pyridine rings is 1. The molecule has 5 nitrogen and oxygen atoms in total. The van der Waals surface area contributed by atoms with Crippen LogP contribution in [-0.4, -0.2) is 35.9 Å². The van der Waals surface area contributed by atoms with E-state index in [1.54, 1.807) is 12.1 Å². The van der Waals surface area contributed by atoms with E-state index in [0.717, 1.165) is 0 Å². The van der Waals surface area contributed by atoms with E-state index in [-0.39, 0.29) is 17.8 Å². The molecule has 0 radical (unpaired) electrons. The third-order valence-electron chi connectivity index (χ3n) is 3.46. The molecule has 22 heavy (non-hydrogen) atoms. The molecule has 3 rings (SSSR count). The van der Waals surface area contributed by atoms with Crippen LogP contribution < -0.4 is 5.32 Å². The zero-order valence-corrected chi connectivity index (χ0v) is 12.4. The van der Waals surface area contributed by atoms with Gasteiger partial charge in [-0.3, -0.25) is 9.78 Å². The van der Waals surface area contributed by atoms with Gasteiger partial charge in [0.25, 0.3) is 5.91 Å². The number of ether oxygens (including phenoxy) is 2. The van der Waals surface area contributed by atoms with Gasteiger partial charge in [0.2, 0.25) is 0 Å². The van der Waals surface area contributed by atoms with E-state index in [4.69, 9.17) is 9.47 Å². The summed E-state index contributed by atoms with van der Waals surface area (Å²) >= 11 is 0. The number of nitrogens with one attached hydrogen (secondary N) is 1. The molecule has 0 spiro atoms. The fourth-order valence-electron chi connectivity index (χ4n) is 2.40. The fourth-order valence-corrected chi connectivity index (χ4v) is 2.40. The predicted octanol–water partition coefficient (Wildman–Crippen LogP) is 2.26. The Bertz CT molecular complexity index is 718. The van der Waals surface area contributed by atoms with Gasteiger partial charge in [-0.1, -0.05) is 0 Å². The summed E-state index contributed by atoms with van der Waals surface area (Å²) in [6, 6.07) is 5.90. The van der Waals surface area contributed by atoms with Gasteiger partial charge in [0.05, 0.1) is 17.7 Å². The third-order valence-corrected chi connectivity index (χ3v) is 3.46. The van der Waals surface area contributed by atoms with E-state index >= 15 is 0 Å². The lowest BCUT2D eigenvalue weighted by atomic mass is 10.1. The first-order chi connectivity index (χ1) is 10.4. The molecule has 0 saturated carbocycles. The molecule has 2 heterocycles. The second kappa shape index (κ2) is 5.62. The largest absolute Gasteiger partial charge is 0.349 e. The standard InChI is InChI=1S/C16H17FN2O3/c1-16(2)21-9-13(22-16)8-19-15(20)11-5-10-6-12(17)3-4-14(10)18-7-11/h3-7,13H,8-9H2,1-2H3,(H,19,20). The number of benzene rings is 1. The zero-order valence-electron chi connectivity index (χ0n) is 12.4. The van der Waals surface area contributed by atoms with Crippen molar-refractivity contribution in [1.82, 2.24) is 10.3 Å². The minimum absolute atomic E-state index is 0.176. The summed E-state index contributed by atoms with van der Waals surface area (Å²) in [5, 5.41) is 3.37. The summed E-state index contributed by atoms with van der Waals surface area (Å²) in [4.78, 5) is 16.3. The second-order valence-corrected chi connectivity index (χ2v) is 5.72. The van der Waals surface area contributed by atoms with Crippen molar-refractivity contribution in [3.63, 3.8) is 0 Å². The number of nitrogens with zero attached hydrogens (tertiary/aromatic N) is 1. The predicted molar refractivity (Wildman–Crippen MR) is 78.9 cm³/mol. The third kappa shape index (κ3) is 3.23. The highest BCUT2D eigenvalue weighted by Crippen LogP contribution is 2.21. The maximum absolute atomic E-state index is 13.2. The quantitative estimate of drug-likeness (QED) is 0.945. The number of hydrogen-bond donors (Lipinski definition) is 1. The topological polar surface area (TPSA) is 60.5 Å². The Labute approximate surface area is 127 Å². The highest BCUT2D eigenvalue weighted by atomic mass is 19.1. The first-order valence-electron chi connectivity index (χ1n) is 7.08. The van der Waals surface area contributed by atoms with Gasteiger partial charge >= 0.3 is 0 Å². The van der Waals surface area contributed by atoms with Crippen molar-refractivity contribution in [1.29, 1.82) is 0 Å². The number of carbonyl (C=O) groups is 1. The molecule has 1 unspecified atom stereocenters. The lowest BCUT2D eigenvalue weighted by Gasteiger charge is -2.17. The van der Waals surface area contributed by atoms with Crippen LogP contribution in [0.4, 0.5) is 4.39 Å². The van der Waals surface area contributed by atoms with E-state index in [0.29, 0.717) is 29.6 Å². The van der Waals surface area contributed by atoms with Crippen LogP contribution in [0.2, 0.25) is 0 Å². The average molecular weight is 304 g/mol. The minimum atomic E-state index is -0.614. The Balaban J connectivity index is 1.67. The molecule has 1 amide bonds. The highest BCUT2D eigenvalue weighted by molar-refractivity contribution is 5.97. The molecule has 116 valence electrons. The summed E-state index contributed by atoms with van der Waals surface area (Å²) in [6.45, 7) is 4.45. The summed E-state index contributed by atoms with van der Waals surface area (Å²) < 4.78 is 24.3. The molecule has 2 aromatic rings. The van der Waals surface area contributed by atoms with Crippen molar-refractivity contribution in [3.8, 4) is 0 Å². The van der Waals surface area contributed by atoms with E-state index in [1.165, 1.54) is 18.3 Å². The van der Waals surface area contributed by atoms with Gasteiger partial charge in [0.1, 0.15) is 11.9 Å². The van der Waals surface area contributed by atoms with Crippen molar-refractivity contribution >= 4 is 16.8 Å². The number of rotatable bonds is 3. The number of halogens is 1. The molecule has 1 N–H and O–H groups in total. The van der Waals surface area contributed by atoms with Gasteiger partial charge in [-0.2, -0.15) is 0 Å². The highest BCUT2D eigenvalue weighted by Gasteiger charge is 2.32. The maximum atomic E-state index is 13.2. The average Bonchev–Trinajstić information content (AvgIpc) is 2.83. The van der Waals surface area contributed by atoms with Crippen LogP contribution in [0.15, 0.2) is 30.5 Å². The number of aromatic nitrogens is 1. The first-order valence-corrected chi connectivity index (χ1v) is 7.08. The van der Waals surface area contributed by atoms with E-state index in [2.05, 4.69) is 10.3 Å². The van der Waals surface area contributed by atoms with Crippen molar-refractivity contribution in [2.75, 3.05) is 13.2 Å². The number of fused-ring (bicyclic) bond motifs is 1. The molecule has 1 aromatic heterocycles. The number of carbonyl (C=O) groups excluding carboxylic acids is 1. The lowest BCUT2D eigenvalue weighted by Crippen LogP contribution is -2.34. The maximum Gasteiger partial charge on any atom is 0.252 e. The van der Waals surface area contributed by atoms with Gasteiger partial charge in [0.15, 0.2) is 5.79 Å². The summed E-state index contributed by atoms with van der Waals surface area (Å²) in [7, 11) is 0. The van der Waals surface area contributed by atoms with Crippen molar-refractivity contribution in [2.45, 2.75) is 25.7 Å². The Morgan fingerprint density at radius 1 is 1.45 bits per heavy atom. The molecule has 1 atom stereocenters. The van der Waals surface area contributed by atoms with Crippen LogP contribution in [0.5, 0.6) is 0 Å². The van der Waals surface area contributed by atoms with Crippen LogP contribution >= 0.6 is 0 Å². The van der Waals surface area contributed by atoms with E-state index < -0.39 is 5.79 Å². The molecular weight excluding hydrogens is 287 g/mol. The summed E-state index contributed by atoms with van der Waals surface area (Å²) in [5.41, 5.74) is 1.03. The van der Waals surface area contributed by atoms with Crippen molar-refractivity contribution < 1.29 is 18.7 Å². The molecule has 1 aliphatic rings. The van der Waals surface area contributed by atoms with Crippen LogP contribution in [0.1, 0.15) is 24.2 Å². The SMILES string of the molecule is CC1(C)OCC(CNC(=O)c2cnc3ccc(F)cc3c2)O1. The van der Waals surface area contributed by atoms with Gasteiger partial charge in [-0.05, 0) is 38.1 Å². The van der Waals surface area contributed by atoms with Crippen molar-refractivity contribution in [3.05, 3.63) is 41.8 Å². The molecule has 6 heteroatoms. The molecular formula is C16H17FN2O3. The van der Waals surface area contributed by atoms with Crippen LogP contribution in [0.25, 0.3) is 10.9 Å². The Kier molecular flexibility index (Phi) is 3.80. The molecule has 1 aliphatic heterocycles. The molecule has 1 fully saturated rings. The molecule has 0 bridgehead atoms. The Hall–Kier alpha value is -2.05. The minimum Gasteiger partial charge on any atom is -0.349 e.